The molecule has 0 aliphatic heterocycles. The molecule has 0 atom stereocenters. The summed E-state index contributed by atoms with van der Waals surface area (Å²) < 4.78 is 28.5. The van der Waals surface area contributed by atoms with E-state index in [9.17, 15) is 18.8 Å². The molecule has 0 radical (unpaired) electrons. The number of nitrogens with one attached hydrogen (secondary N) is 2. The third kappa shape index (κ3) is 6.20. The van der Waals surface area contributed by atoms with Gasteiger partial charge < -0.3 is 24.8 Å². The number of hydrogen-bond donors (Lipinski definition) is 2. The van der Waals surface area contributed by atoms with E-state index in [1.807, 2.05) is 0 Å². The molecule has 158 valence electrons. The van der Waals surface area contributed by atoms with Crippen molar-refractivity contribution in [2.75, 3.05) is 25.6 Å². The van der Waals surface area contributed by atoms with Crippen molar-refractivity contribution in [3.8, 4) is 11.5 Å². The number of methoxy groups -OCH3 is 1. The van der Waals surface area contributed by atoms with Gasteiger partial charge in [-0.05, 0) is 55.3 Å². The number of amides is 2. The highest BCUT2D eigenvalue weighted by Crippen LogP contribution is 2.28. The topological polar surface area (TPSA) is 103 Å². The summed E-state index contributed by atoms with van der Waals surface area (Å²) >= 11 is 0. The predicted octanol–water partition coefficient (Wildman–Crippen LogP) is 2.29. The van der Waals surface area contributed by atoms with Crippen molar-refractivity contribution in [1.29, 1.82) is 0 Å². The minimum absolute atomic E-state index is 0.175. The standard InChI is InChI=1S/C21H21FN2O6/c1-28-18-10-13(21(27)30-12-20(26)24-16-7-8-16)2-9-17(18)29-11-19(25)23-15-5-3-14(22)4-6-15/h2-6,9-10,16H,7-8,11-12H2,1H3,(H,23,25)(H,24,26). The van der Waals surface area contributed by atoms with E-state index in [-0.39, 0.29) is 42.2 Å². The summed E-state index contributed by atoms with van der Waals surface area (Å²) in [4.78, 5) is 35.7. The van der Waals surface area contributed by atoms with Crippen LogP contribution in [0.15, 0.2) is 42.5 Å². The average Bonchev–Trinajstić information content (AvgIpc) is 3.56. The molecule has 0 bridgehead atoms. The summed E-state index contributed by atoms with van der Waals surface area (Å²) in [5.74, 6) is -1.41. The lowest BCUT2D eigenvalue weighted by molar-refractivity contribution is -0.124. The number of benzene rings is 2. The average molecular weight is 416 g/mol. The molecule has 0 heterocycles. The largest absolute Gasteiger partial charge is 0.493 e. The van der Waals surface area contributed by atoms with Crippen LogP contribution in [0.2, 0.25) is 0 Å². The highest BCUT2D eigenvalue weighted by atomic mass is 19.1. The van der Waals surface area contributed by atoms with E-state index < -0.39 is 17.7 Å². The zero-order valence-electron chi connectivity index (χ0n) is 16.3. The van der Waals surface area contributed by atoms with Gasteiger partial charge in [-0.25, -0.2) is 9.18 Å². The summed E-state index contributed by atoms with van der Waals surface area (Å²) in [6.07, 6.45) is 1.89. The van der Waals surface area contributed by atoms with Crippen LogP contribution < -0.4 is 20.1 Å². The highest BCUT2D eigenvalue weighted by molar-refractivity contribution is 5.93. The van der Waals surface area contributed by atoms with E-state index in [4.69, 9.17) is 14.2 Å². The zero-order chi connectivity index (χ0) is 21.5. The molecule has 9 heteroatoms. The van der Waals surface area contributed by atoms with Crippen molar-refractivity contribution in [1.82, 2.24) is 5.32 Å². The van der Waals surface area contributed by atoms with Crippen LogP contribution >= 0.6 is 0 Å². The van der Waals surface area contributed by atoms with Crippen LogP contribution in [0.4, 0.5) is 10.1 Å². The predicted molar refractivity (Wildman–Crippen MR) is 105 cm³/mol. The van der Waals surface area contributed by atoms with Gasteiger partial charge in [0.15, 0.2) is 24.7 Å². The Bertz CT molecular complexity index is 928. The minimum atomic E-state index is -0.681. The lowest BCUT2D eigenvalue weighted by Crippen LogP contribution is -2.30. The van der Waals surface area contributed by atoms with Gasteiger partial charge in [0, 0.05) is 11.7 Å². The summed E-state index contributed by atoms with van der Waals surface area (Å²) in [7, 11) is 1.39. The molecule has 1 aliphatic carbocycles. The number of hydrogen-bond acceptors (Lipinski definition) is 6. The van der Waals surface area contributed by atoms with E-state index in [0.717, 1.165) is 12.8 Å². The second kappa shape index (κ2) is 9.73. The fourth-order valence-corrected chi connectivity index (χ4v) is 2.50. The summed E-state index contributed by atoms with van der Waals surface area (Å²) in [6, 6.07) is 9.81. The highest BCUT2D eigenvalue weighted by Gasteiger charge is 2.24. The number of carbonyl (C=O) groups excluding carboxylic acids is 3. The molecule has 2 aromatic carbocycles. The van der Waals surface area contributed by atoms with Crippen molar-refractivity contribution in [3.05, 3.63) is 53.8 Å². The molecule has 2 amide bonds. The maximum absolute atomic E-state index is 12.9. The minimum Gasteiger partial charge on any atom is -0.493 e. The van der Waals surface area contributed by atoms with Crippen LogP contribution in [0, 0.1) is 5.82 Å². The number of ether oxygens (including phenoxy) is 3. The van der Waals surface area contributed by atoms with Crippen LogP contribution in [0.25, 0.3) is 0 Å². The number of esters is 1. The molecule has 30 heavy (non-hydrogen) atoms. The Labute approximate surface area is 172 Å². The SMILES string of the molecule is COc1cc(C(=O)OCC(=O)NC2CC2)ccc1OCC(=O)Nc1ccc(F)cc1. The van der Waals surface area contributed by atoms with Crippen LogP contribution in [0.3, 0.4) is 0 Å². The summed E-state index contributed by atoms with van der Waals surface area (Å²) in [6.45, 7) is -0.682. The number of anilines is 1. The molecule has 0 spiro atoms. The molecule has 3 rings (SSSR count). The van der Waals surface area contributed by atoms with E-state index in [1.54, 1.807) is 0 Å². The third-order valence-corrected chi connectivity index (χ3v) is 4.16. The maximum atomic E-state index is 12.9. The molecule has 0 aromatic heterocycles. The van der Waals surface area contributed by atoms with Crippen molar-refractivity contribution in [2.45, 2.75) is 18.9 Å². The molecule has 1 saturated carbocycles. The Morgan fingerprint density at radius 3 is 2.40 bits per heavy atom. The molecular weight excluding hydrogens is 395 g/mol. The first-order valence-corrected chi connectivity index (χ1v) is 9.27. The Morgan fingerprint density at radius 2 is 1.73 bits per heavy atom. The maximum Gasteiger partial charge on any atom is 0.338 e. The Balaban J connectivity index is 1.52. The second-order valence-corrected chi connectivity index (χ2v) is 6.63. The van der Waals surface area contributed by atoms with Crippen molar-refractivity contribution < 1.29 is 33.0 Å². The van der Waals surface area contributed by atoms with Crippen molar-refractivity contribution in [2.24, 2.45) is 0 Å². The van der Waals surface area contributed by atoms with E-state index in [0.29, 0.717) is 5.69 Å². The van der Waals surface area contributed by atoms with Gasteiger partial charge in [-0.3, -0.25) is 9.59 Å². The number of rotatable bonds is 9. The monoisotopic (exact) mass is 416 g/mol. The van der Waals surface area contributed by atoms with E-state index >= 15 is 0 Å². The van der Waals surface area contributed by atoms with E-state index in [1.165, 1.54) is 49.6 Å². The molecule has 2 aromatic rings. The third-order valence-electron chi connectivity index (χ3n) is 4.16. The van der Waals surface area contributed by atoms with E-state index in [2.05, 4.69) is 10.6 Å². The lowest BCUT2D eigenvalue weighted by atomic mass is 10.2. The first kappa shape index (κ1) is 21.1. The quantitative estimate of drug-likeness (QED) is 0.608. The zero-order valence-corrected chi connectivity index (χ0v) is 16.3. The van der Waals surface area contributed by atoms with Gasteiger partial charge in [0.05, 0.1) is 12.7 Å². The lowest BCUT2D eigenvalue weighted by Gasteiger charge is -2.12. The first-order chi connectivity index (χ1) is 14.4. The Morgan fingerprint density at radius 1 is 1.00 bits per heavy atom. The van der Waals surface area contributed by atoms with Gasteiger partial charge >= 0.3 is 5.97 Å². The Kier molecular flexibility index (Phi) is 6.84. The van der Waals surface area contributed by atoms with Crippen LogP contribution in [0.5, 0.6) is 11.5 Å². The van der Waals surface area contributed by atoms with Crippen LogP contribution in [-0.2, 0) is 14.3 Å². The van der Waals surface area contributed by atoms with Gasteiger partial charge in [0.25, 0.3) is 11.8 Å². The fraction of sp³-hybridized carbons (Fsp3) is 0.286. The van der Waals surface area contributed by atoms with Gasteiger partial charge in [0.1, 0.15) is 5.82 Å². The normalized spacial score (nSPS) is 12.6. The van der Waals surface area contributed by atoms with Crippen molar-refractivity contribution in [3.63, 3.8) is 0 Å². The molecule has 8 nitrogen and oxygen atoms in total. The summed E-state index contributed by atoms with van der Waals surface area (Å²) in [5.41, 5.74) is 0.606. The molecule has 0 saturated heterocycles. The van der Waals surface area contributed by atoms with Gasteiger partial charge in [-0.15, -0.1) is 0 Å². The van der Waals surface area contributed by atoms with Crippen LogP contribution in [0.1, 0.15) is 23.2 Å². The van der Waals surface area contributed by atoms with Gasteiger partial charge in [-0.2, -0.15) is 0 Å². The second-order valence-electron chi connectivity index (χ2n) is 6.63. The molecule has 1 aliphatic rings. The molecule has 0 unspecified atom stereocenters. The smallest absolute Gasteiger partial charge is 0.338 e. The van der Waals surface area contributed by atoms with Crippen molar-refractivity contribution >= 4 is 23.5 Å². The molecule has 2 N–H and O–H groups in total. The fourth-order valence-electron chi connectivity index (χ4n) is 2.50. The van der Waals surface area contributed by atoms with Gasteiger partial charge in [-0.1, -0.05) is 0 Å². The van der Waals surface area contributed by atoms with Crippen LogP contribution in [-0.4, -0.2) is 44.1 Å². The number of halogens is 1. The first-order valence-electron chi connectivity index (χ1n) is 9.27. The Hall–Kier alpha value is -3.62. The summed E-state index contributed by atoms with van der Waals surface area (Å²) in [5, 5.41) is 5.29. The number of carbonyl (C=O) groups is 3. The molecule has 1 fully saturated rings. The van der Waals surface area contributed by atoms with Gasteiger partial charge in [0.2, 0.25) is 0 Å². The molecular formula is C21H21FN2O6.